The third-order valence-electron chi connectivity index (χ3n) is 1.70. The van der Waals surface area contributed by atoms with Gasteiger partial charge in [0.25, 0.3) is 0 Å². The van der Waals surface area contributed by atoms with E-state index in [2.05, 4.69) is 0 Å². The molecule has 0 heterocycles. The first-order chi connectivity index (χ1) is 5.69. The molecule has 1 rings (SSSR count). The minimum Gasteiger partial charge on any atom is -0.495 e. The van der Waals surface area contributed by atoms with Crippen molar-refractivity contribution in [1.82, 2.24) is 0 Å². The average molecular weight is 205 g/mol. The van der Waals surface area contributed by atoms with Crippen LogP contribution in [-0.4, -0.2) is 7.11 Å². The summed E-state index contributed by atoms with van der Waals surface area (Å²) in [5.41, 5.74) is 1.04. The minimum atomic E-state index is 0.610. The zero-order valence-corrected chi connectivity index (χ0v) is 8.54. The average Bonchev–Trinajstić information content (AvgIpc) is 2.08. The maximum atomic E-state index is 5.94. The van der Waals surface area contributed by atoms with E-state index in [9.17, 15) is 0 Å². The Morgan fingerprint density at radius 1 is 1.25 bits per heavy atom. The van der Waals surface area contributed by atoms with Gasteiger partial charge in [-0.25, -0.2) is 0 Å². The summed E-state index contributed by atoms with van der Waals surface area (Å²) in [6, 6.07) is 3.57. The Labute approximate surface area is 82.2 Å². The quantitative estimate of drug-likeness (QED) is 0.717. The van der Waals surface area contributed by atoms with E-state index in [1.54, 1.807) is 13.2 Å². The zero-order valence-electron chi connectivity index (χ0n) is 7.03. The van der Waals surface area contributed by atoms with Crippen molar-refractivity contribution in [3.8, 4) is 5.75 Å². The molecule has 1 aromatic carbocycles. The molecule has 0 aromatic heterocycles. The monoisotopic (exact) mass is 204 g/mol. The molecular formula is C9H10Cl2O. The predicted molar refractivity (Wildman–Crippen MR) is 52.4 cm³/mol. The van der Waals surface area contributed by atoms with Crippen LogP contribution in [0.25, 0.3) is 0 Å². The van der Waals surface area contributed by atoms with Crippen LogP contribution in [0.3, 0.4) is 0 Å². The second kappa shape index (κ2) is 4.01. The van der Waals surface area contributed by atoms with Crippen LogP contribution in [0.1, 0.15) is 12.5 Å². The summed E-state index contributed by atoms with van der Waals surface area (Å²) in [5, 5.41) is 1.32. The third-order valence-corrected chi connectivity index (χ3v) is 2.35. The Balaban J connectivity index is 3.16. The Hall–Kier alpha value is -0.400. The third kappa shape index (κ3) is 1.85. The fourth-order valence-corrected chi connectivity index (χ4v) is 1.55. The largest absolute Gasteiger partial charge is 0.495 e. The van der Waals surface area contributed by atoms with E-state index in [1.807, 2.05) is 13.0 Å². The van der Waals surface area contributed by atoms with Crippen molar-refractivity contribution in [3.63, 3.8) is 0 Å². The summed E-state index contributed by atoms with van der Waals surface area (Å²) in [5.74, 6) is 0.624. The van der Waals surface area contributed by atoms with E-state index < -0.39 is 0 Å². The van der Waals surface area contributed by atoms with E-state index in [0.29, 0.717) is 15.8 Å². The maximum Gasteiger partial charge on any atom is 0.138 e. The van der Waals surface area contributed by atoms with Crippen molar-refractivity contribution < 1.29 is 4.74 Å². The molecular weight excluding hydrogens is 195 g/mol. The van der Waals surface area contributed by atoms with Gasteiger partial charge in [-0.2, -0.15) is 0 Å². The number of hydrogen-bond acceptors (Lipinski definition) is 1. The molecule has 0 bridgehead atoms. The predicted octanol–water partition coefficient (Wildman–Crippen LogP) is 3.56. The molecule has 3 heteroatoms. The van der Waals surface area contributed by atoms with Crippen LogP contribution in [0.15, 0.2) is 12.1 Å². The van der Waals surface area contributed by atoms with Crippen molar-refractivity contribution in [1.29, 1.82) is 0 Å². The van der Waals surface area contributed by atoms with Gasteiger partial charge in [-0.05, 0) is 18.1 Å². The fourth-order valence-electron chi connectivity index (χ4n) is 0.997. The summed E-state index contributed by atoms with van der Waals surface area (Å²) in [4.78, 5) is 0. The first-order valence-electron chi connectivity index (χ1n) is 3.71. The molecule has 0 atom stereocenters. The molecule has 0 aliphatic carbocycles. The Bertz CT molecular complexity index is 254. The molecule has 1 nitrogen and oxygen atoms in total. The standard InChI is InChI=1S/C9H10Cl2O/c1-3-6-4-8(11)9(12-2)5-7(6)10/h4-5H,3H2,1-2H3. The van der Waals surface area contributed by atoms with E-state index in [4.69, 9.17) is 27.9 Å². The minimum absolute atomic E-state index is 0.610. The van der Waals surface area contributed by atoms with Crippen molar-refractivity contribution in [2.24, 2.45) is 0 Å². The van der Waals surface area contributed by atoms with Crippen LogP contribution in [0.4, 0.5) is 0 Å². The highest BCUT2D eigenvalue weighted by atomic mass is 35.5. The molecule has 0 aliphatic rings. The van der Waals surface area contributed by atoms with Crippen LogP contribution in [-0.2, 0) is 6.42 Å². The molecule has 0 aliphatic heterocycles. The summed E-state index contributed by atoms with van der Waals surface area (Å²) in [6.45, 7) is 2.03. The van der Waals surface area contributed by atoms with E-state index in [0.717, 1.165) is 12.0 Å². The molecule has 0 saturated carbocycles. The van der Waals surface area contributed by atoms with Crippen LogP contribution in [0.5, 0.6) is 5.75 Å². The number of ether oxygens (including phenoxy) is 1. The van der Waals surface area contributed by atoms with Gasteiger partial charge in [0.2, 0.25) is 0 Å². The van der Waals surface area contributed by atoms with Crippen LogP contribution < -0.4 is 4.74 Å². The van der Waals surface area contributed by atoms with Crippen LogP contribution in [0.2, 0.25) is 10.0 Å². The molecule has 0 N–H and O–H groups in total. The summed E-state index contributed by atoms with van der Waals surface area (Å²) < 4.78 is 5.01. The lowest BCUT2D eigenvalue weighted by Crippen LogP contribution is -1.88. The number of rotatable bonds is 2. The van der Waals surface area contributed by atoms with Crippen LogP contribution >= 0.6 is 23.2 Å². The molecule has 12 heavy (non-hydrogen) atoms. The lowest BCUT2D eigenvalue weighted by Gasteiger charge is -2.06. The second-order valence-electron chi connectivity index (χ2n) is 2.43. The Morgan fingerprint density at radius 3 is 2.42 bits per heavy atom. The number of halogens is 2. The summed E-state index contributed by atoms with van der Waals surface area (Å²) >= 11 is 11.8. The molecule has 0 fully saturated rings. The zero-order chi connectivity index (χ0) is 9.14. The first kappa shape index (κ1) is 9.69. The number of benzene rings is 1. The van der Waals surface area contributed by atoms with Gasteiger partial charge < -0.3 is 4.74 Å². The molecule has 1 aromatic rings. The first-order valence-corrected chi connectivity index (χ1v) is 4.46. The molecule has 66 valence electrons. The molecule has 0 unspecified atom stereocenters. The van der Waals surface area contributed by atoms with Gasteiger partial charge in [-0.3, -0.25) is 0 Å². The van der Waals surface area contributed by atoms with Gasteiger partial charge in [0, 0.05) is 11.1 Å². The summed E-state index contributed by atoms with van der Waals surface area (Å²) in [7, 11) is 1.57. The highest BCUT2D eigenvalue weighted by Gasteiger charge is 2.05. The summed E-state index contributed by atoms with van der Waals surface area (Å²) in [6.07, 6.45) is 0.878. The van der Waals surface area contributed by atoms with Crippen molar-refractivity contribution in [3.05, 3.63) is 27.7 Å². The smallest absolute Gasteiger partial charge is 0.138 e. The van der Waals surface area contributed by atoms with Crippen molar-refractivity contribution in [2.45, 2.75) is 13.3 Å². The number of methoxy groups -OCH3 is 1. The highest BCUT2D eigenvalue weighted by molar-refractivity contribution is 6.34. The van der Waals surface area contributed by atoms with Crippen molar-refractivity contribution >= 4 is 23.2 Å². The molecule has 0 saturated heterocycles. The van der Waals surface area contributed by atoms with Gasteiger partial charge in [-0.15, -0.1) is 0 Å². The number of hydrogen-bond donors (Lipinski definition) is 0. The van der Waals surface area contributed by atoms with Gasteiger partial charge in [0.1, 0.15) is 5.75 Å². The van der Waals surface area contributed by atoms with E-state index >= 15 is 0 Å². The fraction of sp³-hybridized carbons (Fsp3) is 0.333. The topological polar surface area (TPSA) is 9.23 Å². The van der Waals surface area contributed by atoms with Gasteiger partial charge >= 0.3 is 0 Å². The molecule has 0 amide bonds. The normalized spacial score (nSPS) is 10.0. The Kier molecular flexibility index (Phi) is 3.24. The Morgan fingerprint density at radius 2 is 1.92 bits per heavy atom. The number of aryl methyl sites for hydroxylation is 1. The van der Waals surface area contributed by atoms with E-state index in [1.165, 1.54) is 0 Å². The SMILES string of the molecule is CCc1cc(Cl)c(OC)cc1Cl. The molecule has 0 radical (unpaired) electrons. The van der Waals surface area contributed by atoms with Crippen molar-refractivity contribution in [2.75, 3.05) is 7.11 Å². The van der Waals surface area contributed by atoms with Gasteiger partial charge in [0.15, 0.2) is 0 Å². The van der Waals surface area contributed by atoms with E-state index in [-0.39, 0.29) is 0 Å². The van der Waals surface area contributed by atoms with Gasteiger partial charge in [0.05, 0.1) is 12.1 Å². The lowest BCUT2D eigenvalue weighted by atomic mass is 10.2. The maximum absolute atomic E-state index is 5.94. The molecule has 0 spiro atoms. The van der Waals surface area contributed by atoms with Gasteiger partial charge in [-0.1, -0.05) is 30.1 Å². The highest BCUT2D eigenvalue weighted by Crippen LogP contribution is 2.30. The second-order valence-corrected chi connectivity index (χ2v) is 3.25. The lowest BCUT2D eigenvalue weighted by molar-refractivity contribution is 0.415. The van der Waals surface area contributed by atoms with Crippen LogP contribution in [0, 0.1) is 0 Å².